The van der Waals surface area contributed by atoms with Crippen LogP contribution in [-0.4, -0.2) is 82.1 Å². The zero-order valence-electron chi connectivity index (χ0n) is 17.8. The number of hydrogen-bond donors (Lipinski definition) is 2. The number of piperidine rings is 1. The number of H-pyrrole nitrogens is 1. The van der Waals surface area contributed by atoms with Crippen molar-refractivity contribution in [1.29, 1.82) is 0 Å². The van der Waals surface area contributed by atoms with Gasteiger partial charge in [-0.2, -0.15) is 5.10 Å². The van der Waals surface area contributed by atoms with E-state index in [1.807, 2.05) is 17.5 Å². The fourth-order valence-electron chi connectivity index (χ4n) is 4.70. The van der Waals surface area contributed by atoms with E-state index in [-0.39, 0.29) is 17.9 Å². The summed E-state index contributed by atoms with van der Waals surface area (Å²) in [7, 11) is 0. The number of nitrogens with zero attached hydrogens (tertiary/aromatic N) is 4. The zero-order chi connectivity index (χ0) is 21.3. The highest BCUT2D eigenvalue weighted by Crippen LogP contribution is 2.27. The minimum Gasteiger partial charge on any atom is -0.351 e. The molecule has 3 heterocycles. The number of likely N-dealkylation sites (tertiary alicyclic amines) is 1. The normalized spacial score (nSPS) is 19.9. The molecule has 0 saturated carbocycles. The van der Waals surface area contributed by atoms with Crippen molar-refractivity contribution in [3.05, 3.63) is 35.9 Å². The van der Waals surface area contributed by atoms with Crippen LogP contribution in [0.2, 0.25) is 0 Å². The first-order chi connectivity index (χ1) is 14.4. The smallest absolute Gasteiger partial charge is 0.314 e. The highest BCUT2D eigenvalue weighted by molar-refractivity contribution is 5.87. The molecule has 1 unspecified atom stereocenters. The maximum Gasteiger partial charge on any atom is 0.314 e. The standard InChI is InChI=1S/C22H31N6O2/c1-15(17-11-16(2)21-18(13-17)14-24-25-21)12-20(29)27-5-3-19(4-6-27)26-7-9-28(10-8-26)22(23)30/h11-15,19H,3-10H2,1-2H3,(H2,23,30)(H,24,25). The van der Waals surface area contributed by atoms with Gasteiger partial charge in [0.1, 0.15) is 0 Å². The number of rotatable bonds is 4. The molecule has 2 aliphatic rings. The minimum absolute atomic E-state index is 0.0510. The number of nitrogens with two attached hydrogens (primary N) is 1. The first-order valence-electron chi connectivity index (χ1n) is 10.8. The van der Waals surface area contributed by atoms with E-state index in [0.29, 0.717) is 19.1 Å². The first-order valence-corrected chi connectivity index (χ1v) is 10.8. The number of aryl methyl sites for hydroxylation is 1. The molecule has 8 nitrogen and oxygen atoms in total. The lowest BCUT2D eigenvalue weighted by atomic mass is 9.93. The Balaban J connectivity index is 1.28. The molecule has 4 rings (SSSR count). The van der Waals surface area contributed by atoms with Crippen molar-refractivity contribution in [3.8, 4) is 0 Å². The van der Waals surface area contributed by atoms with Crippen molar-refractivity contribution in [2.75, 3.05) is 39.3 Å². The third-order valence-electron chi connectivity index (χ3n) is 6.61. The number of urea groups is 1. The monoisotopic (exact) mass is 411 g/mol. The molecule has 1 aromatic heterocycles. The lowest BCUT2D eigenvalue weighted by Gasteiger charge is -2.42. The third kappa shape index (κ3) is 4.28. The molecule has 2 aliphatic heterocycles. The van der Waals surface area contributed by atoms with E-state index in [1.165, 1.54) is 0 Å². The molecule has 0 spiro atoms. The van der Waals surface area contributed by atoms with E-state index < -0.39 is 0 Å². The Kier molecular flexibility index (Phi) is 5.94. The first kappa shape index (κ1) is 20.7. The van der Waals surface area contributed by atoms with Crippen molar-refractivity contribution in [1.82, 2.24) is 24.9 Å². The van der Waals surface area contributed by atoms with Crippen LogP contribution in [0, 0.1) is 13.3 Å². The topological polar surface area (TPSA) is 98.6 Å². The van der Waals surface area contributed by atoms with Gasteiger partial charge < -0.3 is 15.5 Å². The van der Waals surface area contributed by atoms with Gasteiger partial charge in [0.2, 0.25) is 5.91 Å². The fourth-order valence-corrected chi connectivity index (χ4v) is 4.70. The summed E-state index contributed by atoms with van der Waals surface area (Å²) in [6, 6.07) is 4.39. The maximum atomic E-state index is 12.9. The summed E-state index contributed by atoms with van der Waals surface area (Å²) in [6.45, 7) is 8.81. The van der Waals surface area contributed by atoms with Gasteiger partial charge in [0.05, 0.1) is 18.1 Å². The van der Waals surface area contributed by atoms with Gasteiger partial charge in [0, 0.05) is 50.7 Å². The quantitative estimate of drug-likeness (QED) is 0.802. The summed E-state index contributed by atoms with van der Waals surface area (Å²) in [5.74, 6) is 0.166. The number of benzene rings is 1. The van der Waals surface area contributed by atoms with Crippen LogP contribution in [0.4, 0.5) is 4.79 Å². The number of carbonyl (C=O) groups excluding carboxylic acids is 2. The fraction of sp³-hybridized carbons (Fsp3) is 0.545. The van der Waals surface area contributed by atoms with Crippen LogP contribution in [0.3, 0.4) is 0 Å². The molecule has 3 amide bonds. The maximum absolute atomic E-state index is 12.9. The van der Waals surface area contributed by atoms with Crippen molar-refractivity contribution in [2.45, 2.75) is 38.6 Å². The molecule has 2 fully saturated rings. The van der Waals surface area contributed by atoms with Gasteiger partial charge in [0.15, 0.2) is 0 Å². The van der Waals surface area contributed by atoms with Crippen LogP contribution in [0.1, 0.15) is 36.8 Å². The number of piperazine rings is 1. The summed E-state index contributed by atoms with van der Waals surface area (Å²) in [4.78, 5) is 30.3. The van der Waals surface area contributed by atoms with Gasteiger partial charge in [0.25, 0.3) is 0 Å². The second-order valence-electron chi connectivity index (χ2n) is 8.55. The number of fused-ring (bicyclic) bond motifs is 1. The Morgan fingerprint density at radius 1 is 1.13 bits per heavy atom. The Morgan fingerprint density at radius 2 is 1.83 bits per heavy atom. The van der Waals surface area contributed by atoms with Crippen LogP contribution in [0.5, 0.6) is 0 Å². The lowest BCUT2D eigenvalue weighted by Crippen LogP contribution is -2.55. The Labute approximate surface area is 177 Å². The Morgan fingerprint density at radius 3 is 2.50 bits per heavy atom. The molecular formula is C22H31N6O2. The molecule has 0 bridgehead atoms. The summed E-state index contributed by atoms with van der Waals surface area (Å²) < 4.78 is 0. The Hall–Kier alpha value is -2.61. The van der Waals surface area contributed by atoms with Crippen molar-refractivity contribution in [2.24, 2.45) is 5.73 Å². The summed E-state index contributed by atoms with van der Waals surface area (Å²) in [5.41, 5.74) is 8.70. The van der Waals surface area contributed by atoms with Gasteiger partial charge in [-0.15, -0.1) is 0 Å². The van der Waals surface area contributed by atoms with Crippen molar-refractivity contribution < 1.29 is 9.59 Å². The minimum atomic E-state index is -0.332. The van der Waals surface area contributed by atoms with Gasteiger partial charge in [-0.25, -0.2) is 4.79 Å². The Bertz CT molecular complexity index is 909. The number of hydrogen-bond acceptors (Lipinski definition) is 4. The largest absolute Gasteiger partial charge is 0.351 e. The van der Waals surface area contributed by atoms with Crippen LogP contribution in [0.25, 0.3) is 10.9 Å². The number of amides is 3. The van der Waals surface area contributed by atoms with E-state index in [0.717, 1.165) is 61.1 Å². The average Bonchev–Trinajstić information content (AvgIpc) is 3.23. The van der Waals surface area contributed by atoms with Gasteiger partial charge in [-0.1, -0.05) is 13.0 Å². The van der Waals surface area contributed by atoms with Gasteiger partial charge in [-0.05, 0) is 42.9 Å². The molecule has 1 atom stereocenters. The molecule has 0 aliphatic carbocycles. The van der Waals surface area contributed by atoms with Crippen LogP contribution in [-0.2, 0) is 4.79 Å². The van der Waals surface area contributed by atoms with Gasteiger partial charge in [-0.3, -0.25) is 14.8 Å². The molecule has 1 radical (unpaired) electrons. The third-order valence-corrected chi connectivity index (χ3v) is 6.61. The number of aromatic nitrogens is 2. The zero-order valence-corrected chi connectivity index (χ0v) is 17.8. The van der Waals surface area contributed by atoms with Crippen LogP contribution < -0.4 is 5.73 Å². The number of nitrogens with one attached hydrogen (secondary N) is 1. The molecular weight excluding hydrogens is 380 g/mol. The second-order valence-corrected chi connectivity index (χ2v) is 8.55. The van der Waals surface area contributed by atoms with Crippen molar-refractivity contribution in [3.63, 3.8) is 0 Å². The highest BCUT2D eigenvalue weighted by Gasteiger charge is 2.30. The number of carbonyl (C=O) groups is 2. The average molecular weight is 412 g/mol. The molecule has 2 saturated heterocycles. The molecule has 2 aromatic rings. The lowest BCUT2D eigenvalue weighted by molar-refractivity contribution is -0.129. The molecule has 30 heavy (non-hydrogen) atoms. The number of primary amides is 1. The van der Waals surface area contributed by atoms with Crippen molar-refractivity contribution >= 4 is 22.8 Å². The number of aromatic amines is 1. The molecule has 8 heteroatoms. The second kappa shape index (κ2) is 8.63. The predicted octanol–water partition coefficient (Wildman–Crippen LogP) is 1.87. The van der Waals surface area contributed by atoms with Crippen LogP contribution in [0.15, 0.2) is 18.3 Å². The van der Waals surface area contributed by atoms with E-state index in [4.69, 9.17) is 5.73 Å². The summed E-state index contributed by atoms with van der Waals surface area (Å²) >= 11 is 0. The SMILES string of the molecule is Cc1cc(C(C)[CH]C(=O)N2CCC(N3CCN(C(N)=O)CC3)CC2)cc2cn[nH]c12. The summed E-state index contributed by atoms with van der Waals surface area (Å²) in [6.07, 6.45) is 5.62. The van der Waals surface area contributed by atoms with E-state index >= 15 is 0 Å². The molecule has 161 valence electrons. The van der Waals surface area contributed by atoms with Gasteiger partial charge >= 0.3 is 6.03 Å². The van der Waals surface area contributed by atoms with E-state index in [9.17, 15) is 9.59 Å². The van der Waals surface area contributed by atoms with E-state index in [1.54, 1.807) is 4.90 Å². The highest BCUT2D eigenvalue weighted by atomic mass is 16.2. The van der Waals surface area contributed by atoms with E-state index in [2.05, 4.69) is 41.1 Å². The van der Waals surface area contributed by atoms with Crippen LogP contribution >= 0.6 is 0 Å². The molecule has 1 aromatic carbocycles. The predicted molar refractivity (Wildman–Crippen MR) is 116 cm³/mol. The summed E-state index contributed by atoms with van der Waals surface area (Å²) in [5, 5.41) is 8.21. The molecule has 3 N–H and O–H groups in total.